The van der Waals surface area contributed by atoms with Gasteiger partial charge in [0.1, 0.15) is 0 Å². The number of rotatable bonds is 3. The first-order valence-corrected chi connectivity index (χ1v) is 6.38. The van der Waals surface area contributed by atoms with E-state index < -0.39 is 5.56 Å². The van der Waals surface area contributed by atoms with Gasteiger partial charge in [-0.05, 0) is 18.2 Å². The van der Waals surface area contributed by atoms with Gasteiger partial charge in [-0.1, -0.05) is 0 Å². The lowest BCUT2D eigenvalue weighted by atomic mass is 10.2. The van der Waals surface area contributed by atoms with Gasteiger partial charge < -0.3 is 5.32 Å². The Morgan fingerprint density at radius 3 is 2.24 bits per heavy atom. The molecule has 3 rings (SSSR count). The van der Waals surface area contributed by atoms with Gasteiger partial charge in [0.15, 0.2) is 0 Å². The Labute approximate surface area is 117 Å². The number of benzene rings is 1. The van der Waals surface area contributed by atoms with Crippen LogP contribution < -0.4 is 16.4 Å². The molecule has 1 aromatic heterocycles. The number of imide groups is 1. The molecule has 0 bridgehead atoms. The molecule has 0 radical (unpaired) electrons. The minimum Gasteiger partial charge on any atom is -0.367 e. The topological polar surface area (TPSA) is 115 Å². The number of likely N-dealkylation sites (tertiary alicyclic amines) is 1. The van der Waals surface area contributed by atoms with Crippen LogP contribution in [-0.2, 0) is 9.59 Å². The molecule has 21 heavy (non-hydrogen) atoms. The molecule has 1 aliphatic rings. The summed E-state index contributed by atoms with van der Waals surface area (Å²) >= 11 is 0. The molecular formula is C13H12N4O4. The van der Waals surface area contributed by atoms with Crippen molar-refractivity contribution in [1.82, 2.24) is 15.1 Å². The molecule has 108 valence electrons. The zero-order valence-electron chi connectivity index (χ0n) is 10.9. The minimum absolute atomic E-state index is 0.0459. The molecule has 2 aromatic rings. The normalized spacial score (nSPS) is 15.0. The number of fused-ring (bicyclic) bond motifs is 1. The molecule has 1 aliphatic heterocycles. The van der Waals surface area contributed by atoms with E-state index in [4.69, 9.17) is 0 Å². The van der Waals surface area contributed by atoms with E-state index in [9.17, 15) is 19.2 Å². The number of amides is 2. The Balaban J connectivity index is 1.87. The van der Waals surface area contributed by atoms with Gasteiger partial charge in [-0.2, -0.15) is 0 Å². The fraction of sp³-hybridized carbons (Fsp3) is 0.231. The van der Waals surface area contributed by atoms with Crippen molar-refractivity contribution in [2.24, 2.45) is 0 Å². The highest BCUT2D eigenvalue weighted by molar-refractivity contribution is 6.02. The molecule has 8 heteroatoms. The molecule has 0 unspecified atom stereocenters. The summed E-state index contributed by atoms with van der Waals surface area (Å²) in [6.07, 6.45) is 0.459. The van der Waals surface area contributed by atoms with Crippen molar-refractivity contribution in [2.45, 2.75) is 12.8 Å². The van der Waals surface area contributed by atoms with Crippen LogP contribution in [0.4, 0.5) is 5.69 Å². The molecule has 1 fully saturated rings. The third-order valence-electron chi connectivity index (χ3n) is 3.39. The third-order valence-corrected chi connectivity index (χ3v) is 3.39. The highest BCUT2D eigenvalue weighted by Gasteiger charge is 2.28. The average molecular weight is 288 g/mol. The summed E-state index contributed by atoms with van der Waals surface area (Å²) in [4.78, 5) is 47.3. The number of hydrogen-bond acceptors (Lipinski definition) is 5. The number of hydrogen-bond donors (Lipinski definition) is 3. The maximum Gasteiger partial charge on any atom is 0.270 e. The molecule has 1 aromatic carbocycles. The van der Waals surface area contributed by atoms with Gasteiger partial charge in [-0.25, -0.2) is 0 Å². The maximum absolute atomic E-state index is 11.7. The van der Waals surface area contributed by atoms with E-state index in [0.717, 1.165) is 4.90 Å². The number of aromatic nitrogens is 2. The van der Waals surface area contributed by atoms with E-state index in [2.05, 4.69) is 15.5 Å². The van der Waals surface area contributed by atoms with Crippen LogP contribution >= 0.6 is 0 Å². The fourth-order valence-corrected chi connectivity index (χ4v) is 2.26. The van der Waals surface area contributed by atoms with Crippen LogP contribution in [0.5, 0.6) is 0 Å². The van der Waals surface area contributed by atoms with Crippen molar-refractivity contribution in [3.63, 3.8) is 0 Å². The number of carbonyl (C=O) groups is 2. The predicted molar refractivity (Wildman–Crippen MR) is 74.8 cm³/mol. The van der Waals surface area contributed by atoms with Crippen LogP contribution in [0.15, 0.2) is 27.8 Å². The second kappa shape index (κ2) is 4.89. The molecule has 0 aliphatic carbocycles. The summed E-state index contributed by atoms with van der Waals surface area (Å²) in [7, 11) is 0. The quantitative estimate of drug-likeness (QED) is 0.673. The SMILES string of the molecule is O=C1CCC(=O)N1CNc1ccc2c(=O)[nH][nH]c(=O)c2c1. The van der Waals surface area contributed by atoms with Crippen molar-refractivity contribution in [3.8, 4) is 0 Å². The van der Waals surface area contributed by atoms with Crippen molar-refractivity contribution in [1.29, 1.82) is 0 Å². The Bertz CT molecular complexity index is 835. The third kappa shape index (κ3) is 2.31. The minimum atomic E-state index is -0.415. The maximum atomic E-state index is 11.7. The Kier molecular flexibility index (Phi) is 3.05. The molecular weight excluding hydrogens is 276 g/mol. The lowest BCUT2D eigenvalue weighted by molar-refractivity contribution is -0.137. The first-order chi connectivity index (χ1) is 10.1. The van der Waals surface area contributed by atoms with Crippen molar-refractivity contribution in [3.05, 3.63) is 38.9 Å². The van der Waals surface area contributed by atoms with Crippen molar-refractivity contribution < 1.29 is 9.59 Å². The second-order valence-electron chi connectivity index (χ2n) is 4.72. The number of anilines is 1. The summed E-state index contributed by atoms with van der Waals surface area (Å²) in [5.74, 6) is -0.440. The van der Waals surface area contributed by atoms with Gasteiger partial charge >= 0.3 is 0 Å². The first-order valence-electron chi connectivity index (χ1n) is 6.38. The smallest absolute Gasteiger partial charge is 0.270 e. The fourth-order valence-electron chi connectivity index (χ4n) is 2.26. The van der Waals surface area contributed by atoms with Gasteiger partial charge in [-0.15, -0.1) is 0 Å². The largest absolute Gasteiger partial charge is 0.367 e. The molecule has 3 N–H and O–H groups in total. The standard InChI is InChI=1S/C13H12N4O4/c18-10-3-4-11(19)17(10)6-14-7-1-2-8-9(5-7)13(21)16-15-12(8)20/h1-2,5,14H,3-4,6H2,(H,15,20)(H,16,21). The van der Waals surface area contributed by atoms with Crippen molar-refractivity contribution in [2.75, 3.05) is 12.0 Å². The summed E-state index contributed by atoms with van der Waals surface area (Å²) < 4.78 is 0. The van der Waals surface area contributed by atoms with Gasteiger partial charge in [0, 0.05) is 18.5 Å². The molecule has 0 atom stereocenters. The van der Waals surface area contributed by atoms with Crippen LogP contribution in [-0.4, -0.2) is 33.6 Å². The van der Waals surface area contributed by atoms with E-state index in [1.54, 1.807) is 6.07 Å². The number of aromatic amines is 2. The molecule has 8 nitrogen and oxygen atoms in total. The number of nitrogens with one attached hydrogen (secondary N) is 3. The van der Waals surface area contributed by atoms with Gasteiger partial charge in [-0.3, -0.25) is 34.3 Å². The molecule has 0 saturated carbocycles. The van der Waals surface area contributed by atoms with Gasteiger partial charge in [0.05, 0.1) is 17.4 Å². The van der Waals surface area contributed by atoms with Crippen LogP contribution in [0.25, 0.3) is 10.8 Å². The van der Waals surface area contributed by atoms with E-state index >= 15 is 0 Å². The van der Waals surface area contributed by atoms with E-state index in [1.165, 1.54) is 12.1 Å². The zero-order valence-corrected chi connectivity index (χ0v) is 10.9. The molecule has 1 saturated heterocycles. The number of H-pyrrole nitrogens is 2. The summed E-state index contributed by atoms with van der Waals surface area (Å²) in [6, 6.07) is 4.63. The Morgan fingerprint density at radius 2 is 1.57 bits per heavy atom. The predicted octanol–water partition coefficient (Wildman–Crippen LogP) is -0.265. The Morgan fingerprint density at radius 1 is 0.952 bits per heavy atom. The summed E-state index contributed by atoms with van der Waals surface area (Å²) in [5, 5.41) is 7.90. The van der Waals surface area contributed by atoms with E-state index in [1.807, 2.05) is 0 Å². The molecule has 2 amide bonds. The van der Waals surface area contributed by atoms with Crippen LogP contribution in [0, 0.1) is 0 Å². The highest BCUT2D eigenvalue weighted by Crippen LogP contribution is 2.15. The van der Waals surface area contributed by atoms with Gasteiger partial charge in [0.2, 0.25) is 11.8 Å². The Hall–Kier alpha value is -2.90. The highest BCUT2D eigenvalue weighted by atomic mass is 16.2. The zero-order chi connectivity index (χ0) is 15.0. The second-order valence-corrected chi connectivity index (χ2v) is 4.72. The summed E-state index contributed by atoms with van der Waals surface area (Å²) in [6.45, 7) is 0.0459. The van der Waals surface area contributed by atoms with E-state index in [-0.39, 0.29) is 47.7 Å². The van der Waals surface area contributed by atoms with Crippen LogP contribution in [0.3, 0.4) is 0 Å². The summed E-state index contributed by atoms with van der Waals surface area (Å²) in [5.41, 5.74) is -0.256. The number of carbonyl (C=O) groups excluding carboxylic acids is 2. The van der Waals surface area contributed by atoms with Crippen LogP contribution in [0.2, 0.25) is 0 Å². The average Bonchev–Trinajstić information content (AvgIpc) is 2.80. The lowest BCUT2D eigenvalue weighted by Crippen LogP contribution is -2.33. The van der Waals surface area contributed by atoms with Crippen LogP contribution in [0.1, 0.15) is 12.8 Å². The molecule has 0 spiro atoms. The monoisotopic (exact) mass is 288 g/mol. The van der Waals surface area contributed by atoms with E-state index in [0.29, 0.717) is 5.69 Å². The van der Waals surface area contributed by atoms with Crippen molar-refractivity contribution >= 4 is 28.3 Å². The number of nitrogens with zero attached hydrogens (tertiary/aromatic N) is 1. The molecule has 2 heterocycles. The first kappa shape index (κ1) is 13.1. The lowest BCUT2D eigenvalue weighted by Gasteiger charge is -2.15. The van der Waals surface area contributed by atoms with Gasteiger partial charge in [0.25, 0.3) is 11.1 Å².